The largest absolute Gasteiger partial charge is 0.394 e. The van der Waals surface area contributed by atoms with Crippen molar-refractivity contribution in [2.45, 2.75) is 37.5 Å². The minimum atomic E-state index is -1.41. The Morgan fingerprint density at radius 2 is 2.07 bits per heavy atom. The van der Waals surface area contributed by atoms with Gasteiger partial charge in [-0.15, -0.1) is 0 Å². The smallest absolute Gasteiger partial charge is 0.176 e. The lowest BCUT2D eigenvalue weighted by Crippen LogP contribution is -2.57. The molecule has 1 aliphatic heterocycles. The molecule has 0 radical (unpaired) electrons. The van der Waals surface area contributed by atoms with Crippen molar-refractivity contribution < 1.29 is 26.5 Å². The van der Waals surface area contributed by atoms with Crippen LogP contribution in [0.1, 0.15) is 8.27 Å². The lowest BCUT2D eigenvalue weighted by atomic mass is 9.99. The van der Waals surface area contributed by atoms with E-state index in [-0.39, 0.29) is 6.90 Å². The topological polar surface area (TPSA) is 103 Å². The Kier molecular flexibility index (Phi) is 3.44. The summed E-state index contributed by atoms with van der Waals surface area (Å²) in [7, 11) is 0. The monoisotopic (exact) mass is 206 g/mol. The van der Waals surface area contributed by atoms with Gasteiger partial charge in [0.15, 0.2) is 6.23 Å². The summed E-state index contributed by atoms with van der Waals surface area (Å²) in [6, 6.07) is 0. The minimum absolute atomic E-state index is 0.0744. The van der Waals surface area contributed by atoms with Crippen LogP contribution in [-0.2, 0) is 4.74 Å². The standard InChI is InChI=1S/C8H15NO5/c1-2-9-8-7(13)6(12)5(11)4(3-10)14-8/h2,4-8,10-13H,3H2,1H3/t4-,5-,6+,7-,8?/m1/s1/i1D. The number of hydrogen-bond donors (Lipinski definition) is 4. The molecule has 0 aliphatic carbocycles. The van der Waals surface area contributed by atoms with Crippen molar-refractivity contribution in [1.29, 1.82) is 0 Å². The van der Waals surface area contributed by atoms with Crippen molar-refractivity contribution in [3.8, 4) is 0 Å². The molecule has 6 nitrogen and oxygen atoms in total. The first-order valence-electron chi connectivity index (χ1n) is 4.94. The van der Waals surface area contributed by atoms with Crippen LogP contribution in [0.15, 0.2) is 4.99 Å². The van der Waals surface area contributed by atoms with Gasteiger partial charge in [-0.25, -0.2) is 0 Å². The Morgan fingerprint density at radius 1 is 1.36 bits per heavy atom. The first-order chi connectivity index (χ1) is 7.11. The fourth-order valence-electron chi connectivity index (χ4n) is 1.31. The van der Waals surface area contributed by atoms with Crippen molar-refractivity contribution in [2.75, 3.05) is 6.61 Å². The molecule has 1 fully saturated rings. The molecule has 5 atom stereocenters. The van der Waals surface area contributed by atoms with Crippen LogP contribution in [0.3, 0.4) is 0 Å². The predicted octanol–water partition coefficient (Wildman–Crippen LogP) is -2.12. The number of hydrogen-bond acceptors (Lipinski definition) is 6. The summed E-state index contributed by atoms with van der Waals surface area (Å²) in [6.45, 7) is -0.549. The van der Waals surface area contributed by atoms with Gasteiger partial charge in [0.1, 0.15) is 24.4 Å². The van der Waals surface area contributed by atoms with E-state index in [1.807, 2.05) is 0 Å². The summed E-state index contributed by atoms with van der Waals surface area (Å²) in [5.74, 6) is 0. The molecule has 14 heavy (non-hydrogen) atoms. The molecule has 0 aromatic carbocycles. The number of aliphatic hydroxyl groups excluding tert-OH is 4. The van der Waals surface area contributed by atoms with Crippen molar-refractivity contribution >= 4 is 6.21 Å². The van der Waals surface area contributed by atoms with Crippen LogP contribution in [0.2, 0.25) is 0 Å². The van der Waals surface area contributed by atoms with Gasteiger partial charge in [0.25, 0.3) is 0 Å². The van der Waals surface area contributed by atoms with E-state index in [1.165, 1.54) is 6.21 Å². The fourth-order valence-corrected chi connectivity index (χ4v) is 1.31. The second kappa shape index (κ2) is 4.81. The highest BCUT2D eigenvalue weighted by atomic mass is 16.6. The average Bonchev–Trinajstić information content (AvgIpc) is 2.25. The molecule has 0 aromatic heterocycles. The summed E-state index contributed by atoms with van der Waals surface area (Å²) in [5, 5.41) is 37.1. The van der Waals surface area contributed by atoms with E-state index in [1.54, 1.807) is 0 Å². The Labute approximate surface area is 82.9 Å². The normalized spacial score (nSPS) is 45.4. The van der Waals surface area contributed by atoms with Crippen LogP contribution in [0.25, 0.3) is 0 Å². The first kappa shape index (κ1) is 10.0. The predicted molar refractivity (Wildman–Crippen MR) is 47.9 cm³/mol. The summed E-state index contributed by atoms with van der Waals surface area (Å²) in [4.78, 5) is 3.70. The molecule has 1 saturated heterocycles. The highest BCUT2D eigenvalue weighted by molar-refractivity contribution is 5.53. The first-order valence-corrected chi connectivity index (χ1v) is 4.23. The third kappa shape index (κ3) is 2.10. The summed E-state index contributed by atoms with van der Waals surface area (Å²) in [6.07, 6.45) is -4.92. The fraction of sp³-hybridized carbons (Fsp3) is 0.875. The molecule has 0 spiro atoms. The Hall–Kier alpha value is -0.530. The zero-order chi connectivity index (χ0) is 11.4. The van der Waals surface area contributed by atoms with Crippen molar-refractivity contribution in [3.63, 3.8) is 0 Å². The maximum Gasteiger partial charge on any atom is 0.176 e. The van der Waals surface area contributed by atoms with Gasteiger partial charge in [-0.1, -0.05) is 0 Å². The van der Waals surface area contributed by atoms with Crippen LogP contribution >= 0.6 is 0 Å². The van der Waals surface area contributed by atoms with Crippen LogP contribution < -0.4 is 0 Å². The van der Waals surface area contributed by atoms with Crippen LogP contribution in [-0.4, -0.2) is 63.9 Å². The van der Waals surface area contributed by atoms with Gasteiger partial charge in [-0.2, -0.15) is 0 Å². The summed E-state index contributed by atoms with van der Waals surface area (Å²) < 4.78 is 11.9. The molecule has 6 heteroatoms. The van der Waals surface area contributed by atoms with E-state index in [0.29, 0.717) is 0 Å². The molecule has 1 unspecified atom stereocenters. The number of rotatable bonds is 2. The lowest BCUT2D eigenvalue weighted by molar-refractivity contribution is -0.226. The number of aliphatic imine (C=N–C) groups is 1. The number of aliphatic hydroxyl groups is 4. The average molecular weight is 206 g/mol. The molecule has 4 N–H and O–H groups in total. The van der Waals surface area contributed by atoms with Gasteiger partial charge in [-0.3, -0.25) is 4.99 Å². The van der Waals surface area contributed by atoms with Gasteiger partial charge in [0, 0.05) is 1.37 Å². The lowest BCUT2D eigenvalue weighted by Gasteiger charge is -2.38. The van der Waals surface area contributed by atoms with E-state index in [4.69, 9.17) is 11.2 Å². The van der Waals surface area contributed by atoms with Crippen LogP contribution in [0.5, 0.6) is 0 Å². The Bertz CT molecular complexity index is 225. The summed E-state index contributed by atoms with van der Waals surface area (Å²) in [5.41, 5.74) is 0. The highest BCUT2D eigenvalue weighted by Gasteiger charge is 2.42. The third-order valence-corrected chi connectivity index (χ3v) is 2.12. The molecule has 0 aromatic rings. The second-order valence-corrected chi connectivity index (χ2v) is 3.05. The number of nitrogens with zero attached hydrogens (tertiary/aromatic N) is 1. The van der Waals surface area contributed by atoms with Gasteiger partial charge < -0.3 is 25.2 Å². The summed E-state index contributed by atoms with van der Waals surface area (Å²) >= 11 is 0. The minimum Gasteiger partial charge on any atom is -0.394 e. The van der Waals surface area contributed by atoms with Gasteiger partial charge in [-0.05, 0) is 13.1 Å². The van der Waals surface area contributed by atoms with Crippen LogP contribution in [0, 0.1) is 0 Å². The molecule has 0 saturated carbocycles. The molecule has 1 heterocycles. The maximum atomic E-state index is 9.46. The van der Waals surface area contributed by atoms with Gasteiger partial charge in [0.05, 0.1) is 6.61 Å². The van der Waals surface area contributed by atoms with E-state index in [9.17, 15) is 15.3 Å². The molecular formula is C8H15NO5. The van der Waals surface area contributed by atoms with Crippen molar-refractivity contribution in [2.24, 2.45) is 4.99 Å². The van der Waals surface area contributed by atoms with Crippen LogP contribution in [0.4, 0.5) is 0 Å². The maximum absolute atomic E-state index is 9.46. The zero-order valence-electron chi connectivity index (χ0n) is 8.52. The van der Waals surface area contributed by atoms with E-state index < -0.39 is 37.3 Å². The quantitative estimate of drug-likeness (QED) is 0.387. The third-order valence-electron chi connectivity index (χ3n) is 2.12. The molecule has 82 valence electrons. The second-order valence-electron chi connectivity index (χ2n) is 3.05. The highest BCUT2D eigenvalue weighted by Crippen LogP contribution is 2.21. The van der Waals surface area contributed by atoms with Crippen molar-refractivity contribution in [1.82, 2.24) is 0 Å². The number of ether oxygens (including phenoxy) is 1. The Morgan fingerprint density at radius 3 is 2.64 bits per heavy atom. The molecule has 1 aliphatic rings. The van der Waals surface area contributed by atoms with E-state index >= 15 is 0 Å². The van der Waals surface area contributed by atoms with Gasteiger partial charge in [0.2, 0.25) is 0 Å². The molecule has 0 bridgehead atoms. The zero-order valence-corrected chi connectivity index (χ0v) is 7.52. The SMILES string of the molecule is [2H]CC=NC1O[C@H](CO)[C@@H](O)[C@H](O)[C@H]1O. The molecular weight excluding hydrogens is 190 g/mol. The van der Waals surface area contributed by atoms with E-state index in [0.717, 1.165) is 0 Å². The molecule has 1 rings (SSSR count). The van der Waals surface area contributed by atoms with Gasteiger partial charge >= 0.3 is 0 Å². The van der Waals surface area contributed by atoms with Crippen molar-refractivity contribution in [3.05, 3.63) is 0 Å². The van der Waals surface area contributed by atoms with E-state index in [2.05, 4.69) is 4.99 Å². The Balaban J connectivity index is 2.69. The molecule has 0 amide bonds.